The zero-order valence-corrected chi connectivity index (χ0v) is 17.8. The minimum absolute atomic E-state index is 0.216. The monoisotopic (exact) mass is 417 g/mol. The number of carbonyl (C=O) groups excluding carboxylic acids is 1. The van der Waals surface area contributed by atoms with Crippen LogP contribution in [0, 0.1) is 13.8 Å². The lowest BCUT2D eigenvalue weighted by Gasteiger charge is -2.28. The highest BCUT2D eigenvalue weighted by Gasteiger charge is 2.24. The average Bonchev–Trinajstić information content (AvgIpc) is 2.68. The van der Waals surface area contributed by atoms with E-state index in [0.717, 1.165) is 28.6 Å². The molecule has 0 bridgehead atoms. The Morgan fingerprint density at radius 1 is 1.10 bits per heavy atom. The molecule has 1 saturated heterocycles. The highest BCUT2D eigenvalue weighted by molar-refractivity contribution is 7.89. The Morgan fingerprint density at radius 2 is 1.76 bits per heavy atom. The molecule has 0 saturated carbocycles. The topological polar surface area (TPSA) is 79.0 Å². The van der Waals surface area contributed by atoms with Gasteiger partial charge in [-0.25, -0.2) is 8.42 Å². The van der Waals surface area contributed by atoms with Crippen molar-refractivity contribution in [2.24, 2.45) is 0 Å². The lowest BCUT2D eigenvalue weighted by molar-refractivity contribution is -0.116. The number of carbonyl (C=O) groups is 1. The fourth-order valence-corrected chi connectivity index (χ4v) is 4.65. The van der Waals surface area contributed by atoms with Crippen LogP contribution in [0.5, 0.6) is 0 Å². The second-order valence-corrected chi connectivity index (χ2v) is 9.24. The molecule has 1 N–H and O–H groups in total. The van der Waals surface area contributed by atoms with Crippen molar-refractivity contribution in [3.8, 4) is 0 Å². The number of amides is 1. The Balaban J connectivity index is 1.62. The van der Waals surface area contributed by atoms with E-state index in [-0.39, 0.29) is 17.3 Å². The second-order valence-electron chi connectivity index (χ2n) is 7.22. The van der Waals surface area contributed by atoms with Crippen molar-refractivity contribution in [3.05, 3.63) is 53.6 Å². The first-order valence-electron chi connectivity index (χ1n) is 9.53. The van der Waals surface area contributed by atoms with E-state index in [1.807, 2.05) is 37.3 Å². The summed E-state index contributed by atoms with van der Waals surface area (Å²) < 4.78 is 32.0. The first-order valence-corrected chi connectivity index (χ1v) is 11.0. The standard InChI is InChI=1S/C21H27N3O4S/c1-16-4-9-20(17(2)14-16)29(26,27)23(3)15-21(25)22-18-5-7-19(8-6-18)24-10-12-28-13-11-24/h4-9,14H,10-13,15H2,1-3H3,(H,22,25). The van der Waals surface area contributed by atoms with Crippen molar-refractivity contribution in [2.75, 3.05) is 50.1 Å². The molecule has 1 aliphatic rings. The van der Waals surface area contributed by atoms with Gasteiger partial charge >= 0.3 is 0 Å². The van der Waals surface area contributed by atoms with Gasteiger partial charge in [0.25, 0.3) is 0 Å². The lowest BCUT2D eigenvalue weighted by atomic mass is 10.2. The number of anilines is 2. The van der Waals surface area contributed by atoms with E-state index in [4.69, 9.17) is 4.74 Å². The number of morpholine rings is 1. The number of sulfonamides is 1. The van der Waals surface area contributed by atoms with Gasteiger partial charge < -0.3 is 15.0 Å². The highest BCUT2D eigenvalue weighted by Crippen LogP contribution is 2.21. The molecule has 1 amide bonds. The highest BCUT2D eigenvalue weighted by atomic mass is 32.2. The van der Waals surface area contributed by atoms with Crippen molar-refractivity contribution >= 4 is 27.3 Å². The summed E-state index contributed by atoms with van der Waals surface area (Å²) >= 11 is 0. The molecule has 0 atom stereocenters. The third-order valence-corrected chi connectivity index (χ3v) is 6.88. The molecule has 29 heavy (non-hydrogen) atoms. The molecule has 0 spiro atoms. The van der Waals surface area contributed by atoms with Crippen LogP contribution >= 0.6 is 0 Å². The molecule has 0 radical (unpaired) electrons. The number of nitrogens with zero attached hydrogens (tertiary/aromatic N) is 2. The second kappa shape index (κ2) is 8.94. The molecule has 156 valence electrons. The summed E-state index contributed by atoms with van der Waals surface area (Å²) in [4.78, 5) is 14.8. The van der Waals surface area contributed by atoms with Crippen LogP contribution in [-0.4, -0.2) is 58.5 Å². The van der Waals surface area contributed by atoms with Crippen LogP contribution in [0.2, 0.25) is 0 Å². The summed E-state index contributed by atoms with van der Waals surface area (Å²) in [6.45, 7) is 6.49. The number of aryl methyl sites for hydroxylation is 2. The van der Waals surface area contributed by atoms with E-state index in [2.05, 4.69) is 10.2 Å². The van der Waals surface area contributed by atoms with Gasteiger partial charge in [-0.2, -0.15) is 4.31 Å². The summed E-state index contributed by atoms with van der Waals surface area (Å²) in [7, 11) is -2.33. The van der Waals surface area contributed by atoms with Gasteiger partial charge in [0.05, 0.1) is 24.7 Å². The quantitative estimate of drug-likeness (QED) is 0.781. The summed E-state index contributed by atoms with van der Waals surface area (Å²) in [5.41, 5.74) is 3.35. The van der Waals surface area contributed by atoms with Crippen LogP contribution in [0.25, 0.3) is 0 Å². The van der Waals surface area contributed by atoms with Crippen molar-refractivity contribution in [3.63, 3.8) is 0 Å². The van der Waals surface area contributed by atoms with E-state index in [0.29, 0.717) is 24.5 Å². The Bertz CT molecular complexity index is 968. The van der Waals surface area contributed by atoms with Crippen LogP contribution in [0.1, 0.15) is 11.1 Å². The van der Waals surface area contributed by atoms with Crippen LogP contribution in [-0.2, 0) is 19.6 Å². The van der Waals surface area contributed by atoms with Crippen LogP contribution in [0.3, 0.4) is 0 Å². The molecule has 1 fully saturated rings. The number of hydrogen-bond donors (Lipinski definition) is 1. The predicted molar refractivity (Wildman–Crippen MR) is 114 cm³/mol. The lowest BCUT2D eigenvalue weighted by Crippen LogP contribution is -2.36. The number of likely N-dealkylation sites (N-methyl/N-ethyl adjacent to an activating group) is 1. The third kappa shape index (κ3) is 5.14. The molecule has 1 heterocycles. The Labute approximate surface area is 172 Å². The van der Waals surface area contributed by atoms with Crippen LogP contribution < -0.4 is 10.2 Å². The fraction of sp³-hybridized carbons (Fsp3) is 0.381. The van der Waals surface area contributed by atoms with Gasteiger partial charge in [-0.05, 0) is 49.7 Å². The first kappa shape index (κ1) is 21.3. The Morgan fingerprint density at radius 3 is 2.38 bits per heavy atom. The van der Waals surface area contributed by atoms with Crippen LogP contribution in [0.15, 0.2) is 47.4 Å². The number of hydrogen-bond acceptors (Lipinski definition) is 5. The number of ether oxygens (including phenoxy) is 1. The van der Waals surface area contributed by atoms with E-state index >= 15 is 0 Å². The SMILES string of the molecule is Cc1ccc(S(=O)(=O)N(C)CC(=O)Nc2ccc(N3CCOCC3)cc2)c(C)c1. The van der Waals surface area contributed by atoms with Crippen molar-refractivity contribution in [1.29, 1.82) is 0 Å². The minimum Gasteiger partial charge on any atom is -0.378 e. The average molecular weight is 418 g/mol. The maximum absolute atomic E-state index is 12.8. The van der Waals surface area contributed by atoms with Gasteiger partial charge in [-0.1, -0.05) is 17.7 Å². The normalized spacial score (nSPS) is 14.8. The summed E-state index contributed by atoms with van der Waals surface area (Å²) in [5.74, 6) is -0.389. The molecule has 2 aromatic carbocycles. The van der Waals surface area contributed by atoms with E-state index in [9.17, 15) is 13.2 Å². The molecule has 7 nitrogen and oxygen atoms in total. The van der Waals surface area contributed by atoms with Gasteiger partial charge in [0.15, 0.2) is 0 Å². The maximum atomic E-state index is 12.8. The van der Waals surface area contributed by atoms with Crippen molar-refractivity contribution in [2.45, 2.75) is 18.7 Å². The minimum atomic E-state index is -3.74. The molecule has 0 aromatic heterocycles. The van der Waals surface area contributed by atoms with Gasteiger partial charge in [0.2, 0.25) is 15.9 Å². The fourth-order valence-electron chi connectivity index (χ4n) is 3.32. The number of nitrogens with one attached hydrogen (secondary N) is 1. The molecular formula is C21H27N3O4S. The summed E-state index contributed by atoms with van der Waals surface area (Å²) in [5, 5.41) is 2.76. The van der Waals surface area contributed by atoms with Crippen molar-refractivity contribution in [1.82, 2.24) is 4.31 Å². The number of benzene rings is 2. The molecule has 8 heteroatoms. The van der Waals surface area contributed by atoms with Gasteiger partial charge in [0, 0.05) is 31.5 Å². The zero-order chi connectivity index (χ0) is 21.0. The summed E-state index contributed by atoms with van der Waals surface area (Å²) in [6.07, 6.45) is 0. The van der Waals surface area contributed by atoms with E-state index in [1.165, 1.54) is 7.05 Å². The van der Waals surface area contributed by atoms with Crippen LogP contribution in [0.4, 0.5) is 11.4 Å². The summed E-state index contributed by atoms with van der Waals surface area (Å²) in [6, 6.07) is 12.7. The molecule has 1 aliphatic heterocycles. The van der Waals surface area contributed by atoms with Gasteiger partial charge in [-0.15, -0.1) is 0 Å². The molecule has 0 unspecified atom stereocenters. The maximum Gasteiger partial charge on any atom is 0.243 e. The molecule has 0 aliphatic carbocycles. The number of rotatable bonds is 6. The van der Waals surface area contributed by atoms with E-state index < -0.39 is 10.0 Å². The molecule has 3 rings (SSSR count). The Kier molecular flexibility index (Phi) is 6.56. The largest absolute Gasteiger partial charge is 0.378 e. The molecular weight excluding hydrogens is 390 g/mol. The Hall–Kier alpha value is -2.42. The van der Waals surface area contributed by atoms with Gasteiger partial charge in [-0.3, -0.25) is 4.79 Å². The van der Waals surface area contributed by atoms with Gasteiger partial charge in [0.1, 0.15) is 0 Å². The smallest absolute Gasteiger partial charge is 0.243 e. The van der Waals surface area contributed by atoms with E-state index in [1.54, 1.807) is 19.1 Å². The molecule has 2 aromatic rings. The third-order valence-electron chi connectivity index (χ3n) is 4.91. The zero-order valence-electron chi connectivity index (χ0n) is 17.0. The first-order chi connectivity index (χ1) is 13.8. The van der Waals surface area contributed by atoms with Crippen molar-refractivity contribution < 1.29 is 17.9 Å². The predicted octanol–water partition coefficient (Wildman–Crippen LogP) is 2.40.